The van der Waals surface area contributed by atoms with E-state index in [-0.39, 0.29) is 17.5 Å². The van der Waals surface area contributed by atoms with Crippen LogP contribution in [0.3, 0.4) is 0 Å². The summed E-state index contributed by atoms with van der Waals surface area (Å²) >= 11 is 4.78. The van der Waals surface area contributed by atoms with Crippen LogP contribution < -0.4 is 5.32 Å². The number of hydrogen-bond acceptors (Lipinski definition) is 4. The molecule has 2 aromatic carbocycles. The number of rotatable bonds is 7. The largest absolute Gasteiger partial charge is 0.346 e. The van der Waals surface area contributed by atoms with E-state index in [1.807, 2.05) is 45.0 Å². The van der Waals surface area contributed by atoms with Crippen molar-refractivity contribution in [2.75, 3.05) is 13.1 Å². The lowest BCUT2D eigenvalue weighted by Gasteiger charge is -2.48. The summed E-state index contributed by atoms with van der Waals surface area (Å²) in [6, 6.07) is 16.6. The maximum atomic E-state index is 13.1. The Balaban J connectivity index is 1.45. The van der Waals surface area contributed by atoms with E-state index < -0.39 is 5.54 Å². The summed E-state index contributed by atoms with van der Waals surface area (Å²) in [5.41, 5.74) is 3.99. The molecular weight excluding hydrogens is 450 g/mol. The molecule has 5 heteroatoms. The summed E-state index contributed by atoms with van der Waals surface area (Å²) in [5, 5.41) is 5.65. The first-order valence-electron chi connectivity index (χ1n) is 13.2. The fourth-order valence-electron chi connectivity index (χ4n) is 5.90. The van der Waals surface area contributed by atoms with Crippen LogP contribution in [0.5, 0.6) is 0 Å². The van der Waals surface area contributed by atoms with Gasteiger partial charge in [-0.1, -0.05) is 62.1 Å². The van der Waals surface area contributed by atoms with E-state index in [9.17, 15) is 4.79 Å². The zero-order chi connectivity index (χ0) is 24.9. The highest BCUT2D eigenvalue weighted by molar-refractivity contribution is 7.78. The van der Waals surface area contributed by atoms with Crippen LogP contribution in [0.2, 0.25) is 0 Å². The van der Waals surface area contributed by atoms with E-state index in [1.54, 1.807) is 0 Å². The van der Waals surface area contributed by atoms with Crippen LogP contribution in [-0.4, -0.2) is 29.1 Å². The lowest BCUT2D eigenvalue weighted by molar-refractivity contribution is 0.0303. The summed E-state index contributed by atoms with van der Waals surface area (Å²) in [5.74, 6) is -0.0329. The molecule has 4 rings (SSSR count). The van der Waals surface area contributed by atoms with Crippen molar-refractivity contribution in [3.63, 3.8) is 0 Å². The maximum absolute atomic E-state index is 13.1. The third-order valence-corrected chi connectivity index (χ3v) is 8.21. The molecule has 1 N–H and O–H groups in total. The lowest BCUT2D eigenvalue weighted by atomic mass is 9.74. The molecule has 0 radical (unpaired) electrons. The van der Waals surface area contributed by atoms with Crippen molar-refractivity contribution >= 4 is 23.3 Å². The van der Waals surface area contributed by atoms with E-state index in [2.05, 4.69) is 44.6 Å². The molecule has 2 fully saturated rings. The first kappa shape index (κ1) is 25.8. The minimum atomic E-state index is -0.404. The summed E-state index contributed by atoms with van der Waals surface area (Å²) in [6.45, 7) is 8.45. The number of nitrogens with one attached hydrogen (secondary N) is 1. The number of piperidine rings is 1. The first-order valence-corrected chi connectivity index (χ1v) is 13.6. The van der Waals surface area contributed by atoms with Gasteiger partial charge in [-0.3, -0.25) is 9.69 Å². The molecule has 1 saturated heterocycles. The van der Waals surface area contributed by atoms with Gasteiger partial charge in [0.1, 0.15) is 0 Å². The Kier molecular flexibility index (Phi) is 8.21. The van der Waals surface area contributed by atoms with E-state index in [0.717, 1.165) is 16.7 Å². The van der Waals surface area contributed by atoms with Gasteiger partial charge in [0.15, 0.2) is 0 Å². The molecule has 1 atom stereocenters. The number of carbonyl (C=O) groups is 1. The topological polar surface area (TPSA) is 44.7 Å². The van der Waals surface area contributed by atoms with Gasteiger partial charge in [-0.25, -0.2) is 4.99 Å². The maximum Gasteiger partial charge on any atom is 0.251 e. The van der Waals surface area contributed by atoms with Gasteiger partial charge in [-0.15, -0.1) is 0 Å². The summed E-state index contributed by atoms with van der Waals surface area (Å²) < 4.78 is 0. The van der Waals surface area contributed by atoms with Gasteiger partial charge in [-0.05, 0) is 101 Å². The fourth-order valence-corrected chi connectivity index (χ4v) is 6.13. The minimum Gasteiger partial charge on any atom is -0.346 e. The predicted octanol–water partition coefficient (Wildman–Crippen LogP) is 7.16. The molecule has 1 heterocycles. The van der Waals surface area contributed by atoms with Gasteiger partial charge in [-0.2, -0.15) is 0 Å². The summed E-state index contributed by atoms with van der Waals surface area (Å²) in [7, 11) is 0. The zero-order valence-electron chi connectivity index (χ0n) is 21.5. The molecule has 1 unspecified atom stereocenters. The number of carbonyl (C=O) groups excluding carboxylic acids is 1. The molecular formula is C30H39N3OS. The summed E-state index contributed by atoms with van der Waals surface area (Å²) in [6.07, 6.45) is 10.4. The minimum absolute atomic E-state index is 0.0329. The average molecular weight is 490 g/mol. The number of hydrogen-bond donors (Lipinski definition) is 1. The highest BCUT2D eigenvalue weighted by atomic mass is 32.1. The average Bonchev–Trinajstić information content (AvgIpc) is 2.89. The summed E-state index contributed by atoms with van der Waals surface area (Å²) in [4.78, 5) is 20.1. The first-order chi connectivity index (χ1) is 16.9. The Morgan fingerprint density at radius 2 is 1.57 bits per heavy atom. The second kappa shape index (κ2) is 11.2. The van der Waals surface area contributed by atoms with E-state index in [1.165, 1.54) is 70.0 Å². The van der Waals surface area contributed by atoms with Gasteiger partial charge < -0.3 is 5.32 Å². The molecule has 0 bridgehead atoms. The van der Waals surface area contributed by atoms with Crippen LogP contribution in [0.1, 0.15) is 105 Å². The SMILES string of the molecule is CC(NC(=O)c1ccc(C2(N3CCCCC3)CCCCC2)cc1)c1ccc(C(C)(C)N=C=S)cc1. The standard InChI is InChI=1S/C30H39N3OS/c1-23(24-10-14-26(15-11-24)29(2,3)31-22-35)32-28(34)25-12-16-27(17-13-25)30(18-6-4-7-19-30)33-20-8-5-9-21-33/h10-17,23H,4-9,18-21H2,1-3H3,(H,32,34). The molecule has 4 nitrogen and oxygen atoms in total. The quantitative estimate of drug-likeness (QED) is 0.331. The van der Waals surface area contributed by atoms with Crippen LogP contribution in [0.4, 0.5) is 0 Å². The molecule has 186 valence electrons. The number of aliphatic imine (C=N–C) groups is 1. The van der Waals surface area contributed by atoms with Crippen LogP contribution in [0.25, 0.3) is 0 Å². The van der Waals surface area contributed by atoms with E-state index >= 15 is 0 Å². The number of thiocarbonyl (C=S) groups is 1. The van der Waals surface area contributed by atoms with E-state index in [0.29, 0.717) is 0 Å². The van der Waals surface area contributed by atoms with Gasteiger partial charge in [0, 0.05) is 11.1 Å². The normalized spacial score (nSPS) is 19.4. The van der Waals surface area contributed by atoms with Crippen LogP contribution >= 0.6 is 12.2 Å². The fraction of sp³-hybridized carbons (Fsp3) is 0.533. The lowest BCUT2D eigenvalue weighted by Crippen LogP contribution is -2.49. The Labute approximate surface area is 216 Å². The number of benzene rings is 2. The molecule has 0 aromatic heterocycles. The van der Waals surface area contributed by atoms with Crippen molar-refractivity contribution in [2.24, 2.45) is 4.99 Å². The van der Waals surface area contributed by atoms with Crippen molar-refractivity contribution in [2.45, 2.75) is 89.3 Å². The monoisotopic (exact) mass is 489 g/mol. The van der Waals surface area contributed by atoms with Gasteiger partial charge >= 0.3 is 0 Å². The number of nitrogens with zero attached hydrogens (tertiary/aromatic N) is 2. The van der Waals surface area contributed by atoms with Crippen molar-refractivity contribution in [1.29, 1.82) is 0 Å². The number of likely N-dealkylation sites (tertiary alicyclic amines) is 1. The highest BCUT2D eigenvalue weighted by Crippen LogP contribution is 2.43. The molecule has 1 aliphatic heterocycles. The van der Waals surface area contributed by atoms with Crippen molar-refractivity contribution in [1.82, 2.24) is 10.2 Å². The van der Waals surface area contributed by atoms with E-state index in [4.69, 9.17) is 12.2 Å². The Hall–Kier alpha value is -2.33. The van der Waals surface area contributed by atoms with Gasteiger partial charge in [0.2, 0.25) is 0 Å². The van der Waals surface area contributed by atoms with Crippen molar-refractivity contribution in [3.8, 4) is 0 Å². The van der Waals surface area contributed by atoms with Crippen molar-refractivity contribution in [3.05, 3.63) is 70.8 Å². The molecule has 1 aliphatic carbocycles. The van der Waals surface area contributed by atoms with Gasteiger partial charge in [0.25, 0.3) is 5.91 Å². The van der Waals surface area contributed by atoms with Crippen molar-refractivity contribution < 1.29 is 4.79 Å². The molecule has 2 aliphatic rings. The van der Waals surface area contributed by atoms with Crippen LogP contribution in [-0.2, 0) is 11.1 Å². The molecule has 2 aromatic rings. The smallest absolute Gasteiger partial charge is 0.251 e. The second-order valence-corrected chi connectivity index (χ2v) is 11.0. The number of isothiocyanates is 1. The van der Waals surface area contributed by atoms with Crippen LogP contribution in [0, 0.1) is 0 Å². The Morgan fingerprint density at radius 3 is 2.17 bits per heavy atom. The Morgan fingerprint density at radius 1 is 0.971 bits per heavy atom. The third-order valence-electron chi connectivity index (χ3n) is 8.12. The Bertz CT molecular complexity index is 1040. The third kappa shape index (κ3) is 5.74. The van der Waals surface area contributed by atoms with Gasteiger partial charge in [0.05, 0.1) is 16.7 Å². The predicted molar refractivity (Wildman–Crippen MR) is 147 cm³/mol. The van der Waals surface area contributed by atoms with Crippen LogP contribution in [0.15, 0.2) is 53.5 Å². The molecule has 1 amide bonds. The molecule has 0 spiro atoms. The number of amides is 1. The highest BCUT2D eigenvalue weighted by Gasteiger charge is 2.39. The zero-order valence-corrected chi connectivity index (χ0v) is 22.3. The molecule has 35 heavy (non-hydrogen) atoms. The second-order valence-electron chi connectivity index (χ2n) is 10.8. The molecule has 1 saturated carbocycles.